The first-order valence-electron chi connectivity index (χ1n) is 8.59. The monoisotopic (exact) mass is 354 g/mol. The molecule has 6 nitrogen and oxygen atoms in total. The maximum Gasteiger partial charge on any atom is 0.253 e. The third kappa shape index (κ3) is 3.00. The fourth-order valence-corrected chi connectivity index (χ4v) is 3.44. The predicted molar refractivity (Wildman–Crippen MR) is 94.7 cm³/mol. The number of aromatic nitrogens is 3. The van der Waals surface area contributed by atoms with Crippen LogP contribution in [0.15, 0.2) is 42.5 Å². The first kappa shape index (κ1) is 16.5. The van der Waals surface area contributed by atoms with Gasteiger partial charge < -0.3 is 9.64 Å². The molecule has 3 aromatic rings. The van der Waals surface area contributed by atoms with Crippen LogP contribution in [0.5, 0.6) is 5.75 Å². The van der Waals surface area contributed by atoms with E-state index < -0.39 is 0 Å². The Hall–Kier alpha value is -2.96. The third-order valence-electron chi connectivity index (χ3n) is 4.85. The van der Waals surface area contributed by atoms with Gasteiger partial charge in [0, 0.05) is 24.7 Å². The van der Waals surface area contributed by atoms with Crippen molar-refractivity contribution in [3.05, 3.63) is 53.8 Å². The lowest BCUT2D eigenvalue weighted by molar-refractivity contribution is 0.0690. The zero-order valence-electron chi connectivity index (χ0n) is 14.4. The highest BCUT2D eigenvalue weighted by atomic mass is 19.1. The van der Waals surface area contributed by atoms with Gasteiger partial charge in [-0.1, -0.05) is 11.3 Å². The zero-order chi connectivity index (χ0) is 18.1. The van der Waals surface area contributed by atoms with Crippen LogP contribution in [0.1, 0.15) is 29.2 Å². The van der Waals surface area contributed by atoms with E-state index in [9.17, 15) is 9.18 Å². The van der Waals surface area contributed by atoms with Gasteiger partial charge in [-0.25, -0.2) is 9.07 Å². The number of ether oxygens (including phenoxy) is 1. The Morgan fingerprint density at radius 1 is 1.19 bits per heavy atom. The summed E-state index contributed by atoms with van der Waals surface area (Å²) >= 11 is 0. The molecule has 1 saturated heterocycles. The summed E-state index contributed by atoms with van der Waals surface area (Å²) in [4.78, 5) is 14.6. The van der Waals surface area contributed by atoms with Crippen LogP contribution in [0.4, 0.5) is 4.39 Å². The van der Waals surface area contributed by atoms with Gasteiger partial charge in [0.05, 0.1) is 18.7 Å². The molecule has 134 valence electrons. The summed E-state index contributed by atoms with van der Waals surface area (Å²) in [5, 5.41) is 8.24. The van der Waals surface area contributed by atoms with Gasteiger partial charge >= 0.3 is 0 Å². The molecule has 0 aliphatic carbocycles. The van der Waals surface area contributed by atoms with Crippen molar-refractivity contribution in [3.8, 4) is 5.75 Å². The van der Waals surface area contributed by atoms with Crippen LogP contribution in [0.25, 0.3) is 11.0 Å². The van der Waals surface area contributed by atoms with Crippen molar-refractivity contribution in [1.82, 2.24) is 19.9 Å². The molecule has 1 aromatic heterocycles. The van der Waals surface area contributed by atoms with E-state index in [0.717, 1.165) is 18.4 Å². The van der Waals surface area contributed by atoms with Crippen LogP contribution >= 0.6 is 0 Å². The molecule has 0 saturated carbocycles. The maximum absolute atomic E-state index is 13.3. The van der Waals surface area contributed by atoms with Crippen LogP contribution in [0.3, 0.4) is 0 Å². The van der Waals surface area contributed by atoms with Crippen LogP contribution in [-0.4, -0.2) is 46.0 Å². The van der Waals surface area contributed by atoms with E-state index in [2.05, 4.69) is 10.3 Å². The number of rotatable bonds is 3. The first-order chi connectivity index (χ1) is 12.7. The topological polar surface area (TPSA) is 60.2 Å². The van der Waals surface area contributed by atoms with Gasteiger partial charge in [0.15, 0.2) is 0 Å². The van der Waals surface area contributed by atoms with E-state index in [0.29, 0.717) is 29.9 Å². The number of nitrogens with zero attached hydrogens (tertiary/aromatic N) is 4. The largest absolute Gasteiger partial charge is 0.497 e. The van der Waals surface area contributed by atoms with E-state index in [-0.39, 0.29) is 17.8 Å². The van der Waals surface area contributed by atoms with E-state index in [4.69, 9.17) is 4.74 Å². The number of benzene rings is 2. The number of amides is 1. The summed E-state index contributed by atoms with van der Waals surface area (Å²) in [6, 6.07) is 11.9. The average molecular weight is 354 g/mol. The number of halogens is 1. The molecule has 4 rings (SSSR count). The van der Waals surface area contributed by atoms with Crippen molar-refractivity contribution in [2.75, 3.05) is 20.2 Å². The van der Waals surface area contributed by atoms with Gasteiger partial charge in [-0.05, 0) is 43.2 Å². The molecule has 1 aliphatic heterocycles. The number of hydrogen-bond donors (Lipinski definition) is 0. The van der Waals surface area contributed by atoms with E-state index in [1.807, 2.05) is 21.7 Å². The molecule has 0 bridgehead atoms. The Kier molecular flexibility index (Phi) is 4.28. The lowest BCUT2D eigenvalue weighted by Gasteiger charge is -2.32. The van der Waals surface area contributed by atoms with Gasteiger partial charge in [0.2, 0.25) is 0 Å². The standard InChI is InChI=1S/C19H19FN4O2/c1-26-16-4-2-3-13(11-16)19(25)23-9-7-15(8-10-23)24-18-6-5-14(20)12-17(18)21-22-24/h2-6,11-12,15H,7-10H2,1H3. The minimum absolute atomic E-state index is 0.00729. The second-order valence-corrected chi connectivity index (χ2v) is 6.42. The lowest BCUT2D eigenvalue weighted by atomic mass is 10.0. The first-order valence-corrected chi connectivity index (χ1v) is 8.59. The second-order valence-electron chi connectivity index (χ2n) is 6.42. The molecule has 2 heterocycles. The Balaban J connectivity index is 1.47. The molecule has 0 unspecified atom stereocenters. The van der Waals surface area contributed by atoms with Gasteiger partial charge in [-0.2, -0.15) is 0 Å². The number of methoxy groups -OCH3 is 1. The predicted octanol–water partition coefficient (Wildman–Crippen LogP) is 3.06. The van der Waals surface area contributed by atoms with Crippen LogP contribution in [0, 0.1) is 5.82 Å². The fourth-order valence-electron chi connectivity index (χ4n) is 3.44. The van der Waals surface area contributed by atoms with Crippen molar-refractivity contribution in [3.63, 3.8) is 0 Å². The summed E-state index contributed by atoms with van der Waals surface area (Å²) in [5.74, 6) is 0.364. The number of piperidine rings is 1. The summed E-state index contributed by atoms with van der Waals surface area (Å²) in [5.41, 5.74) is 2.01. The molecule has 0 radical (unpaired) electrons. The summed E-state index contributed by atoms with van der Waals surface area (Å²) in [6.07, 6.45) is 1.57. The Morgan fingerprint density at radius 3 is 2.77 bits per heavy atom. The van der Waals surface area contributed by atoms with Crippen LogP contribution < -0.4 is 4.74 Å². The molecule has 1 amide bonds. The molecular formula is C19H19FN4O2. The number of carbonyl (C=O) groups is 1. The van der Waals surface area contributed by atoms with E-state index in [1.54, 1.807) is 25.3 Å². The Bertz CT molecular complexity index is 948. The molecule has 0 atom stereocenters. The fraction of sp³-hybridized carbons (Fsp3) is 0.316. The summed E-state index contributed by atoms with van der Waals surface area (Å²) < 4.78 is 20.4. The maximum atomic E-state index is 13.3. The molecule has 2 aromatic carbocycles. The minimum atomic E-state index is -0.316. The van der Waals surface area contributed by atoms with Crippen molar-refractivity contribution in [2.24, 2.45) is 0 Å². The number of carbonyl (C=O) groups excluding carboxylic acids is 1. The minimum Gasteiger partial charge on any atom is -0.497 e. The Morgan fingerprint density at radius 2 is 2.00 bits per heavy atom. The molecule has 1 fully saturated rings. The van der Waals surface area contributed by atoms with Gasteiger partial charge in [-0.3, -0.25) is 4.79 Å². The average Bonchev–Trinajstić information content (AvgIpc) is 3.10. The van der Waals surface area contributed by atoms with Crippen molar-refractivity contribution < 1.29 is 13.9 Å². The van der Waals surface area contributed by atoms with Crippen molar-refractivity contribution in [1.29, 1.82) is 0 Å². The number of hydrogen-bond acceptors (Lipinski definition) is 4. The molecule has 0 spiro atoms. The van der Waals surface area contributed by atoms with Gasteiger partial charge in [0.25, 0.3) is 5.91 Å². The molecule has 0 N–H and O–H groups in total. The highest BCUT2D eigenvalue weighted by molar-refractivity contribution is 5.94. The third-order valence-corrected chi connectivity index (χ3v) is 4.85. The summed E-state index contributed by atoms with van der Waals surface area (Å²) in [7, 11) is 1.59. The smallest absolute Gasteiger partial charge is 0.253 e. The molecular weight excluding hydrogens is 335 g/mol. The molecule has 26 heavy (non-hydrogen) atoms. The summed E-state index contributed by atoms with van der Waals surface area (Å²) in [6.45, 7) is 1.28. The quantitative estimate of drug-likeness (QED) is 0.725. The lowest BCUT2D eigenvalue weighted by Crippen LogP contribution is -2.39. The van der Waals surface area contributed by atoms with Crippen LogP contribution in [-0.2, 0) is 0 Å². The van der Waals surface area contributed by atoms with Crippen LogP contribution in [0.2, 0.25) is 0 Å². The van der Waals surface area contributed by atoms with Crippen molar-refractivity contribution in [2.45, 2.75) is 18.9 Å². The number of likely N-dealkylation sites (tertiary alicyclic amines) is 1. The highest BCUT2D eigenvalue weighted by Gasteiger charge is 2.26. The highest BCUT2D eigenvalue weighted by Crippen LogP contribution is 2.26. The van der Waals surface area contributed by atoms with E-state index in [1.165, 1.54) is 12.1 Å². The SMILES string of the molecule is COc1cccc(C(=O)N2CCC(n3nnc4cc(F)ccc43)CC2)c1. The Labute approximate surface area is 150 Å². The number of fused-ring (bicyclic) bond motifs is 1. The van der Waals surface area contributed by atoms with Gasteiger partial charge in [-0.15, -0.1) is 5.10 Å². The zero-order valence-corrected chi connectivity index (χ0v) is 14.4. The molecule has 7 heteroatoms. The normalized spacial score (nSPS) is 15.4. The molecule has 1 aliphatic rings. The van der Waals surface area contributed by atoms with E-state index >= 15 is 0 Å². The second kappa shape index (κ2) is 6.74. The van der Waals surface area contributed by atoms with Crippen molar-refractivity contribution >= 4 is 16.9 Å². The van der Waals surface area contributed by atoms with Gasteiger partial charge in [0.1, 0.15) is 17.1 Å².